The van der Waals surface area contributed by atoms with Gasteiger partial charge in [-0.3, -0.25) is 4.99 Å². The maximum absolute atomic E-state index is 11.7. The van der Waals surface area contributed by atoms with Gasteiger partial charge in [0.05, 0.1) is 6.61 Å². The number of carbonyl (C=O) groups excluding carboxylic acids is 1. The molecule has 1 aliphatic heterocycles. The molecule has 4 N–H and O–H groups in total. The standard InChI is InChI=1S/C18H30N6O2/c1-2-26-18(25)24-13-8-15(9-14-24)23-17(19)22-12-6-5-11-21-16-7-3-4-10-20-16/h3-4,7,10,15H,2,5-6,8-9,11-14H2,1H3,(H,20,21)(H3,19,22,23). The molecule has 1 amide bonds. The number of pyridine rings is 1. The first-order chi connectivity index (χ1) is 12.7. The molecule has 0 spiro atoms. The van der Waals surface area contributed by atoms with Gasteiger partial charge in [-0.1, -0.05) is 6.07 Å². The molecule has 0 atom stereocenters. The molecule has 0 unspecified atom stereocenters. The van der Waals surface area contributed by atoms with Gasteiger partial charge in [0.25, 0.3) is 0 Å². The zero-order valence-electron chi connectivity index (χ0n) is 15.5. The number of ether oxygens (including phenoxy) is 1. The van der Waals surface area contributed by atoms with Crippen molar-refractivity contribution in [1.29, 1.82) is 0 Å². The highest BCUT2D eigenvalue weighted by molar-refractivity contribution is 5.78. The lowest BCUT2D eigenvalue weighted by atomic mass is 10.1. The van der Waals surface area contributed by atoms with Crippen LogP contribution in [-0.2, 0) is 4.74 Å². The Morgan fingerprint density at radius 1 is 1.38 bits per heavy atom. The van der Waals surface area contributed by atoms with Gasteiger partial charge in [0.1, 0.15) is 5.82 Å². The Labute approximate surface area is 155 Å². The van der Waals surface area contributed by atoms with Gasteiger partial charge >= 0.3 is 6.09 Å². The van der Waals surface area contributed by atoms with Crippen molar-refractivity contribution >= 4 is 17.9 Å². The van der Waals surface area contributed by atoms with E-state index in [1.807, 2.05) is 25.1 Å². The minimum absolute atomic E-state index is 0.230. The van der Waals surface area contributed by atoms with Crippen molar-refractivity contribution in [3.8, 4) is 0 Å². The summed E-state index contributed by atoms with van der Waals surface area (Å²) in [5.41, 5.74) is 5.96. The van der Waals surface area contributed by atoms with E-state index in [0.717, 1.165) is 38.0 Å². The molecule has 8 heteroatoms. The average Bonchev–Trinajstić information content (AvgIpc) is 2.66. The van der Waals surface area contributed by atoms with Crippen LogP contribution < -0.4 is 16.4 Å². The van der Waals surface area contributed by atoms with Crippen LogP contribution in [-0.4, -0.2) is 60.8 Å². The maximum atomic E-state index is 11.7. The number of nitrogens with two attached hydrogens (primary N) is 1. The Morgan fingerprint density at radius 3 is 2.88 bits per heavy atom. The number of nitrogens with one attached hydrogen (secondary N) is 2. The third-order valence-corrected chi connectivity index (χ3v) is 4.21. The van der Waals surface area contributed by atoms with Crippen LogP contribution in [0.3, 0.4) is 0 Å². The minimum atomic E-state index is -0.230. The molecule has 1 fully saturated rings. The summed E-state index contributed by atoms with van der Waals surface area (Å²) in [5.74, 6) is 1.38. The molecule has 144 valence electrons. The number of carbonyl (C=O) groups is 1. The number of hydrogen-bond acceptors (Lipinski definition) is 5. The Bertz CT molecular complexity index is 558. The molecule has 1 aliphatic rings. The second-order valence-corrected chi connectivity index (χ2v) is 6.22. The number of amides is 1. The summed E-state index contributed by atoms with van der Waals surface area (Å²) in [4.78, 5) is 22.0. The molecule has 1 aromatic rings. The van der Waals surface area contributed by atoms with Gasteiger partial charge < -0.3 is 26.0 Å². The molecule has 1 aromatic heterocycles. The second kappa shape index (κ2) is 11.2. The number of guanidine groups is 1. The van der Waals surface area contributed by atoms with Gasteiger partial charge in [0.2, 0.25) is 0 Å². The first-order valence-electron chi connectivity index (χ1n) is 9.32. The third kappa shape index (κ3) is 7.16. The number of likely N-dealkylation sites (tertiary alicyclic amines) is 1. The van der Waals surface area contributed by atoms with Crippen molar-refractivity contribution in [1.82, 2.24) is 15.2 Å². The Morgan fingerprint density at radius 2 is 2.19 bits per heavy atom. The lowest BCUT2D eigenvalue weighted by molar-refractivity contribution is 0.0963. The maximum Gasteiger partial charge on any atom is 0.409 e. The molecule has 1 saturated heterocycles. The molecular formula is C18H30N6O2. The predicted molar refractivity (Wildman–Crippen MR) is 103 cm³/mol. The molecule has 0 saturated carbocycles. The largest absolute Gasteiger partial charge is 0.450 e. The number of hydrogen-bond donors (Lipinski definition) is 3. The van der Waals surface area contributed by atoms with Crippen molar-refractivity contribution in [2.45, 2.75) is 38.6 Å². The third-order valence-electron chi connectivity index (χ3n) is 4.21. The minimum Gasteiger partial charge on any atom is -0.450 e. The van der Waals surface area contributed by atoms with E-state index >= 15 is 0 Å². The fourth-order valence-corrected chi connectivity index (χ4v) is 2.80. The van der Waals surface area contributed by atoms with Crippen molar-refractivity contribution < 1.29 is 9.53 Å². The van der Waals surface area contributed by atoms with Gasteiger partial charge in [0, 0.05) is 38.4 Å². The van der Waals surface area contributed by atoms with Crippen LogP contribution in [0.4, 0.5) is 10.6 Å². The predicted octanol–water partition coefficient (Wildman–Crippen LogP) is 1.80. The number of anilines is 1. The number of aliphatic imine (C=N–C) groups is 1. The summed E-state index contributed by atoms with van der Waals surface area (Å²) >= 11 is 0. The highest BCUT2D eigenvalue weighted by atomic mass is 16.6. The quantitative estimate of drug-likeness (QED) is 0.370. The van der Waals surface area contributed by atoms with E-state index in [2.05, 4.69) is 20.6 Å². The van der Waals surface area contributed by atoms with Gasteiger partial charge in [-0.2, -0.15) is 0 Å². The van der Waals surface area contributed by atoms with Crippen molar-refractivity contribution in [3.05, 3.63) is 24.4 Å². The van der Waals surface area contributed by atoms with E-state index in [1.54, 1.807) is 11.1 Å². The number of piperidine rings is 1. The Balaban J connectivity index is 1.55. The number of unbranched alkanes of at least 4 members (excludes halogenated alkanes) is 1. The van der Waals surface area contributed by atoms with Crippen LogP contribution >= 0.6 is 0 Å². The van der Waals surface area contributed by atoms with Crippen LogP contribution in [0, 0.1) is 0 Å². The first kappa shape index (κ1) is 19.8. The average molecular weight is 362 g/mol. The van der Waals surface area contributed by atoms with Crippen molar-refractivity contribution in [2.24, 2.45) is 10.7 Å². The topological polar surface area (TPSA) is 105 Å². The van der Waals surface area contributed by atoms with Gasteiger partial charge in [0.15, 0.2) is 5.96 Å². The molecule has 0 bridgehead atoms. The summed E-state index contributed by atoms with van der Waals surface area (Å²) in [5, 5.41) is 6.52. The van der Waals surface area contributed by atoms with Gasteiger partial charge in [-0.15, -0.1) is 0 Å². The Hall–Kier alpha value is -2.51. The number of rotatable bonds is 8. The van der Waals surface area contributed by atoms with Crippen LogP contribution in [0.15, 0.2) is 29.4 Å². The van der Waals surface area contributed by atoms with E-state index in [1.165, 1.54) is 0 Å². The second-order valence-electron chi connectivity index (χ2n) is 6.22. The van der Waals surface area contributed by atoms with E-state index in [9.17, 15) is 4.79 Å². The number of nitrogens with zero attached hydrogens (tertiary/aromatic N) is 3. The first-order valence-corrected chi connectivity index (χ1v) is 9.32. The summed E-state index contributed by atoms with van der Waals surface area (Å²) in [6.45, 7) is 5.16. The zero-order valence-corrected chi connectivity index (χ0v) is 15.5. The molecule has 2 rings (SSSR count). The molecule has 2 heterocycles. The van der Waals surface area contributed by atoms with Gasteiger partial charge in [-0.25, -0.2) is 9.78 Å². The molecule has 26 heavy (non-hydrogen) atoms. The normalized spacial score (nSPS) is 15.6. The smallest absolute Gasteiger partial charge is 0.409 e. The lowest BCUT2D eigenvalue weighted by Crippen LogP contribution is -2.48. The Kier molecular flexibility index (Phi) is 8.51. The summed E-state index contributed by atoms with van der Waals surface area (Å²) in [7, 11) is 0. The molecular weight excluding hydrogens is 332 g/mol. The van der Waals surface area contributed by atoms with Crippen LogP contribution in [0.1, 0.15) is 32.6 Å². The summed E-state index contributed by atoms with van der Waals surface area (Å²) < 4.78 is 5.02. The summed E-state index contributed by atoms with van der Waals surface area (Å²) in [6.07, 6.45) is 5.21. The van der Waals surface area contributed by atoms with Crippen molar-refractivity contribution in [2.75, 3.05) is 38.1 Å². The van der Waals surface area contributed by atoms with Crippen LogP contribution in [0.2, 0.25) is 0 Å². The fourth-order valence-electron chi connectivity index (χ4n) is 2.80. The van der Waals surface area contributed by atoms with Crippen molar-refractivity contribution in [3.63, 3.8) is 0 Å². The monoisotopic (exact) mass is 362 g/mol. The highest BCUT2D eigenvalue weighted by Gasteiger charge is 2.23. The molecule has 8 nitrogen and oxygen atoms in total. The van der Waals surface area contributed by atoms with E-state index in [4.69, 9.17) is 10.5 Å². The molecule has 0 aliphatic carbocycles. The van der Waals surface area contributed by atoms with Crippen LogP contribution in [0.5, 0.6) is 0 Å². The lowest BCUT2D eigenvalue weighted by Gasteiger charge is -2.31. The SMILES string of the molecule is CCOC(=O)N1CCC(NC(N)=NCCCCNc2ccccn2)CC1. The summed E-state index contributed by atoms with van der Waals surface area (Å²) in [6, 6.07) is 6.07. The number of aromatic nitrogens is 1. The van der Waals surface area contributed by atoms with E-state index in [-0.39, 0.29) is 12.1 Å². The highest BCUT2D eigenvalue weighted by Crippen LogP contribution is 2.11. The van der Waals surface area contributed by atoms with Crippen LogP contribution in [0.25, 0.3) is 0 Å². The zero-order chi connectivity index (χ0) is 18.6. The van der Waals surface area contributed by atoms with E-state index in [0.29, 0.717) is 32.2 Å². The van der Waals surface area contributed by atoms with E-state index < -0.39 is 0 Å². The molecule has 0 radical (unpaired) electrons. The fraction of sp³-hybridized carbons (Fsp3) is 0.611. The molecule has 0 aromatic carbocycles. The van der Waals surface area contributed by atoms with Gasteiger partial charge in [-0.05, 0) is 44.7 Å².